The largest absolute Gasteiger partial charge is 0.486 e. The van der Waals surface area contributed by atoms with E-state index in [-0.39, 0.29) is 30.9 Å². The van der Waals surface area contributed by atoms with Gasteiger partial charge in [-0.05, 0) is 18.2 Å². The molecule has 7 nitrogen and oxygen atoms in total. The van der Waals surface area contributed by atoms with Crippen LogP contribution >= 0.6 is 24.8 Å². The van der Waals surface area contributed by atoms with E-state index in [0.717, 1.165) is 55.6 Å². The van der Waals surface area contributed by atoms with E-state index in [0.29, 0.717) is 6.61 Å². The number of nitrogens with zero attached hydrogens (tertiary/aromatic N) is 4. The Labute approximate surface area is 175 Å². The molecule has 0 amide bonds. The SMILES string of the molecule is Cl.Cl.c1ccc2c(c1)OCC(CCn1ccnc1-c1cc3n(n1)CCNC3)O2. The lowest BCUT2D eigenvalue weighted by molar-refractivity contribution is 0.0817. The minimum atomic E-state index is 0. The number of ether oxygens (including phenoxy) is 2. The molecule has 0 spiro atoms. The number of rotatable bonds is 4. The number of aryl methyl sites for hydroxylation is 1. The molecule has 5 rings (SSSR count). The number of halogens is 2. The molecule has 9 heteroatoms. The second kappa shape index (κ2) is 8.86. The van der Waals surface area contributed by atoms with E-state index < -0.39 is 0 Å². The monoisotopic (exact) mass is 423 g/mol. The molecule has 2 aliphatic rings. The summed E-state index contributed by atoms with van der Waals surface area (Å²) in [6.45, 7) is 4.11. The highest BCUT2D eigenvalue weighted by Gasteiger charge is 2.21. The van der Waals surface area contributed by atoms with Crippen molar-refractivity contribution in [2.75, 3.05) is 13.2 Å². The van der Waals surface area contributed by atoms with E-state index in [9.17, 15) is 0 Å². The second-order valence-electron chi connectivity index (χ2n) is 6.65. The highest BCUT2D eigenvalue weighted by molar-refractivity contribution is 5.85. The van der Waals surface area contributed by atoms with Crippen LogP contribution in [-0.4, -0.2) is 38.6 Å². The van der Waals surface area contributed by atoms with Gasteiger partial charge in [-0.25, -0.2) is 4.98 Å². The zero-order valence-electron chi connectivity index (χ0n) is 15.3. The fourth-order valence-corrected chi connectivity index (χ4v) is 3.51. The Morgan fingerprint density at radius 2 is 2.04 bits per heavy atom. The summed E-state index contributed by atoms with van der Waals surface area (Å²) in [5, 5.41) is 8.09. The minimum absolute atomic E-state index is 0. The van der Waals surface area contributed by atoms with Gasteiger partial charge in [-0.3, -0.25) is 4.68 Å². The average molecular weight is 424 g/mol. The molecule has 0 radical (unpaired) electrons. The van der Waals surface area contributed by atoms with Gasteiger partial charge in [-0.2, -0.15) is 5.10 Å². The molecular formula is C19H23Cl2N5O2. The summed E-state index contributed by atoms with van der Waals surface area (Å²) >= 11 is 0. The molecule has 0 aliphatic carbocycles. The van der Waals surface area contributed by atoms with Crippen LogP contribution in [0.5, 0.6) is 11.5 Å². The van der Waals surface area contributed by atoms with Crippen molar-refractivity contribution in [2.45, 2.75) is 32.2 Å². The van der Waals surface area contributed by atoms with Gasteiger partial charge in [0.05, 0.1) is 12.2 Å². The quantitative estimate of drug-likeness (QED) is 0.698. The Bertz CT molecular complexity index is 903. The molecule has 1 N–H and O–H groups in total. The van der Waals surface area contributed by atoms with Crippen molar-refractivity contribution in [1.82, 2.24) is 24.6 Å². The number of nitrogens with one attached hydrogen (secondary N) is 1. The maximum absolute atomic E-state index is 6.06. The number of hydrogen-bond acceptors (Lipinski definition) is 5. The predicted molar refractivity (Wildman–Crippen MR) is 111 cm³/mol. The molecule has 2 aliphatic heterocycles. The standard InChI is InChI=1S/C19H21N5O2.2ClH/c1-2-4-18-17(3-1)25-13-15(26-18)5-8-23-9-7-21-19(23)16-11-14-12-20-6-10-24(14)22-16;;/h1-4,7,9,11,15,20H,5-6,8,10,12-13H2;2*1H. The molecule has 4 heterocycles. The Morgan fingerprint density at radius 1 is 1.18 bits per heavy atom. The Kier molecular flexibility index (Phi) is 6.49. The number of imidazole rings is 1. The molecular weight excluding hydrogens is 401 g/mol. The van der Waals surface area contributed by atoms with Crippen molar-refractivity contribution >= 4 is 24.8 Å². The highest BCUT2D eigenvalue weighted by Crippen LogP contribution is 2.31. The molecule has 0 bridgehead atoms. The smallest absolute Gasteiger partial charge is 0.161 e. The summed E-state index contributed by atoms with van der Waals surface area (Å²) in [5.41, 5.74) is 2.14. The van der Waals surface area contributed by atoms with Gasteiger partial charge >= 0.3 is 0 Å². The first kappa shape index (κ1) is 20.5. The lowest BCUT2D eigenvalue weighted by atomic mass is 10.2. The van der Waals surface area contributed by atoms with Crippen LogP contribution in [0.4, 0.5) is 0 Å². The summed E-state index contributed by atoms with van der Waals surface area (Å²) in [7, 11) is 0. The van der Waals surface area contributed by atoms with Crippen molar-refractivity contribution < 1.29 is 9.47 Å². The molecule has 3 aromatic rings. The maximum atomic E-state index is 6.06. The van der Waals surface area contributed by atoms with Crippen molar-refractivity contribution in [2.24, 2.45) is 0 Å². The van der Waals surface area contributed by atoms with Gasteiger partial charge < -0.3 is 19.4 Å². The van der Waals surface area contributed by atoms with Crippen molar-refractivity contribution in [3.05, 3.63) is 48.4 Å². The molecule has 0 saturated carbocycles. The van der Waals surface area contributed by atoms with Crippen LogP contribution in [-0.2, 0) is 19.6 Å². The van der Waals surface area contributed by atoms with E-state index in [1.807, 2.05) is 36.7 Å². The van der Waals surface area contributed by atoms with E-state index in [4.69, 9.17) is 14.6 Å². The van der Waals surface area contributed by atoms with Crippen LogP contribution in [0.1, 0.15) is 12.1 Å². The first-order chi connectivity index (χ1) is 12.9. The second-order valence-corrected chi connectivity index (χ2v) is 6.65. The molecule has 1 unspecified atom stereocenters. The van der Waals surface area contributed by atoms with Gasteiger partial charge in [0.15, 0.2) is 17.3 Å². The van der Waals surface area contributed by atoms with Gasteiger partial charge in [-0.1, -0.05) is 12.1 Å². The zero-order valence-corrected chi connectivity index (χ0v) is 16.9. The third-order valence-corrected chi connectivity index (χ3v) is 4.87. The molecule has 28 heavy (non-hydrogen) atoms. The third-order valence-electron chi connectivity index (χ3n) is 4.87. The van der Waals surface area contributed by atoms with Gasteiger partial charge in [0.2, 0.25) is 0 Å². The average Bonchev–Trinajstić information content (AvgIpc) is 3.32. The topological polar surface area (TPSA) is 66.1 Å². The van der Waals surface area contributed by atoms with Gasteiger partial charge in [0, 0.05) is 38.4 Å². The fraction of sp³-hybridized carbons (Fsp3) is 0.368. The maximum Gasteiger partial charge on any atom is 0.161 e. The number of aromatic nitrogens is 4. The summed E-state index contributed by atoms with van der Waals surface area (Å²) in [4.78, 5) is 4.52. The highest BCUT2D eigenvalue weighted by atomic mass is 35.5. The summed E-state index contributed by atoms with van der Waals surface area (Å²) in [6, 6.07) is 9.94. The molecule has 2 aromatic heterocycles. The molecule has 0 fully saturated rings. The Balaban J connectivity index is 0.00000112. The van der Waals surface area contributed by atoms with Crippen LogP contribution in [0.15, 0.2) is 42.7 Å². The number of benzene rings is 1. The van der Waals surface area contributed by atoms with Gasteiger partial charge in [0.25, 0.3) is 0 Å². The van der Waals surface area contributed by atoms with E-state index in [2.05, 4.69) is 25.6 Å². The summed E-state index contributed by atoms with van der Waals surface area (Å²) in [5.74, 6) is 2.55. The van der Waals surface area contributed by atoms with Gasteiger partial charge in [-0.15, -0.1) is 24.8 Å². The lowest BCUT2D eigenvalue weighted by Crippen LogP contribution is -2.30. The molecule has 1 aromatic carbocycles. The zero-order chi connectivity index (χ0) is 17.3. The fourth-order valence-electron chi connectivity index (χ4n) is 3.51. The van der Waals surface area contributed by atoms with Crippen molar-refractivity contribution in [3.63, 3.8) is 0 Å². The van der Waals surface area contributed by atoms with Crippen LogP contribution in [0.25, 0.3) is 11.5 Å². The first-order valence-corrected chi connectivity index (χ1v) is 9.04. The molecule has 150 valence electrons. The summed E-state index contributed by atoms with van der Waals surface area (Å²) < 4.78 is 16.1. The number of hydrogen-bond donors (Lipinski definition) is 1. The van der Waals surface area contributed by atoms with Crippen LogP contribution < -0.4 is 14.8 Å². The van der Waals surface area contributed by atoms with Crippen LogP contribution in [0.2, 0.25) is 0 Å². The van der Waals surface area contributed by atoms with Crippen molar-refractivity contribution in [3.8, 4) is 23.0 Å². The van der Waals surface area contributed by atoms with Crippen LogP contribution in [0.3, 0.4) is 0 Å². The number of para-hydroxylation sites is 2. The Hall–Kier alpha value is -2.22. The molecule has 0 saturated heterocycles. The van der Waals surface area contributed by atoms with Crippen LogP contribution in [0, 0.1) is 0 Å². The lowest BCUT2D eigenvalue weighted by Gasteiger charge is -2.26. The minimum Gasteiger partial charge on any atom is -0.486 e. The van der Waals surface area contributed by atoms with E-state index in [1.165, 1.54) is 5.69 Å². The normalized spacial score (nSPS) is 17.2. The van der Waals surface area contributed by atoms with E-state index >= 15 is 0 Å². The first-order valence-electron chi connectivity index (χ1n) is 9.04. The predicted octanol–water partition coefficient (Wildman–Crippen LogP) is 2.92. The van der Waals surface area contributed by atoms with E-state index in [1.54, 1.807) is 0 Å². The van der Waals surface area contributed by atoms with Gasteiger partial charge in [0.1, 0.15) is 18.4 Å². The molecule has 1 atom stereocenters. The Morgan fingerprint density at radius 3 is 2.89 bits per heavy atom. The third kappa shape index (κ3) is 3.97. The van der Waals surface area contributed by atoms with Crippen molar-refractivity contribution in [1.29, 1.82) is 0 Å². The summed E-state index contributed by atoms with van der Waals surface area (Å²) in [6.07, 6.45) is 4.73. The number of fused-ring (bicyclic) bond motifs is 2.